The summed E-state index contributed by atoms with van der Waals surface area (Å²) in [5, 5.41) is 4.20. The summed E-state index contributed by atoms with van der Waals surface area (Å²) in [7, 11) is 1.85. The first kappa shape index (κ1) is 10.8. The number of rotatable bonds is 2. The molecule has 1 aliphatic heterocycles. The molecule has 0 aliphatic carbocycles. The Hall–Kier alpha value is -2.30. The molecule has 0 atom stereocenters. The van der Waals surface area contributed by atoms with Gasteiger partial charge in [-0.2, -0.15) is 5.10 Å². The number of aromatic nitrogens is 2. The number of benzene rings is 1. The van der Waals surface area contributed by atoms with Crippen molar-refractivity contribution in [2.75, 3.05) is 23.7 Å². The molecule has 1 aliphatic rings. The van der Waals surface area contributed by atoms with Crippen molar-refractivity contribution in [2.24, 2.45) is 12.0 Å². The second-order valence-electron chi connectivity index (χ2n) is 4.30. The molecule has 5 nitrogen and oxygen atoms in total. The van der Waals surface area contributed by atoms with E-state index in [0.717, 1.165) is 29.9 Å². The highest BCUT2D eigenvalue weighted by Crippen LogP contribution is 2.33. The van der Waals surface area contributed by atoms with E-state index in [2.05, 4.69) is 27.1 Å². The molecule has 2 aromatic rings. The van der Waals surface area contributed by atoms with Crippen molar-refractivity contribution in [2.45, 2.75) is 0 Å². The van der Waals surface area contributed by atoms with Gasteiger partial charge in [0.25, 0.3) is 0 Å². The summed E-state index contributed by atoms with van der Waals surface area (Å²) in [6, 6.07) is 8.18. The van der Waals surface area contributed by atoms with Crippen molar-refractivity contribution < 1.29 is 0 Å². The molecule has 2 N–H and O–H groups in total. The Balaban J connectivity index is 2.12. The summed E-state index contributed by atoms with van der Waals surface area (Å²) in [5.41, 5.74) is 9.23. The standard InChI is InChI=1S/C13H15N5/c1-17-13(14)11(8-16-17)10-4-2-3-5-12(10)18-7-6-15-9-18/h2-5,8-9H,6-7,14H2,1H3. The molecule has 0 fully saturated rings. The number of aryl methyl sites for hydroxylation is 1. The van der Waals surface area contributed by atoms with Crippen LogP contribution in [0, 0.1) is 0 Å². The molecule has 1 aromatic heterocycles. The van der Waals surface area contributed by atoms with E-state index in [1.807, 2.05) is 25.5 Å². The first-order chi connectivity index (χ1) is 8.77. The van der Waals surface area contributed by atoms with Gasteiger partial charge in [0, 0.05) is 30.4 Å². The largest absolute Gasteiger partial charge is 0.383 e. The van der Waals surface area contributed by atoms with Gasteiger partial charge in [0.15, 0.2) is 0 Å². The Labute approximate surface area is 106 Å². The molecular weight excluding hydrogens is 226 g/mol. The summed E-state index contributed by atoms with van der Waals surface area (Å²) < 4.78 is 1.68. The number of hydrogen-bond acceptors (Lipinski definition) is 4. The SMILES string of the molecule is Cn1ncc(-c2ccccc2N2C=NCC2)c1N. The predicted octanol–water partition coefficient (Wildman–Crippen LogP) is 1.52. The normalized spacial score (nSPS) is 14.4. The van der Waals surface area contributed by atoms with Crippen molar-refractivity contribution in [1.29, 1.82) is 0 Å². The van der Waals surface area contributed by atoms with Gasteiger partial charge < -0.3 is 10.6 Å². The lowest BCUT2D eigenvalue weighted by Gasteiger charge is -2.18. The minimum Gasteiger partial charge on any atom is -0.383 e. The Kier molecular flexibility index (Phi) is 2.51. The molecule has 0 spiro atoms. The monoisotopic (exact) mass is 241 g/mol. The fourth-order valence-electron chi connectivity index (χ4n) is 2.17. The molecule has 3 rings (SSSR count). The molecule has 0 saturated heterocycles. The molecule has 5 heteroatoms. The quantitative estimate of drug-likeness (QED) is 0.867. The third-order valence-corrected chi connectivity index (χ3v) is 3.18. The Bertz CT molecular complexity index is 599. The van der Waals surface area contributed by atoms with Crippen LogP contribution in [0.25, 0.3) is 11.1 Å². The molecule has 0 radical (unpaired) electrons. The number of anilines is 2. The summed E-state index contributed by atoms with van der Waals surface area (Å²) in [6.07, 6.45) is 3.69. The molecule has 0 unspecified atom stereocenters. The molecule has 2 heterocycles. The fraction of sp³-hybridized carbons (Fsp3) is 0.231. The third kappa shape index (κ3) is 1.64. The molecule has 1 aromatic carbocycles. The molecule has 0 amide bonds. The Morgan fingerprint density at radius 1 is 1.22 bits per heavy atom. The minimum atomic E-state index is 0.679. The summed E-state index contributed by atoms with van der Waals surface area (Å²) in [5.74, 6) is 0.679. The van der Waals surface area contributed by atoms with Crippen LogP contribution in [0.2, 0.25) is 0 Å². The van der Waals surface area contributed by atoms with Crippen LogP contribution in [0.15, 0.2) is 35.5 Å². The summed E-state index contributed by atoms with van der Waals surface area (Å²) in [4.78, 5) is 6.39. The van der Waals surface area contributed by atoms with Crippen LogP contribution in [0.1, 0.15) is 0 Å². The van der Waals surface area contributed by atoms with E-state index in [0.29, 0.717) is 5.82 Å². The lowest BCUT2D eigenvalue weighted by Crippen LogP contribution is -2.18. The van der Waals surface area contributed by atoms with Gasteiger partial charge in [-0.1, -0.05) is 18.2 Å². The van der Waals surface area contributed by atoms with Crippen molar-refractivity contribution in [3.8, 4) is 11.1 Å². The van der Waals surface area contributed by atoms with E-state index >= 15 is 0 Å². The average Bonchev–Trinajstić information content (AvgIpc) is 3.02. The lowest BCUT2D eigenvalue weighted by molar-refractivity contribution is 0.779. The number of nitrogens with zero attached hydrogens (tertiary/aromatic N) is 4. The maximum Gasteiger partial charge on any atom is 0.129 e. The smallest absolute Gasteiger partial charge is 0.129 e. The second-order valence-corrected chi connectivity index (χ2v) is 4.30. The van der Waals surface area contributed by atoms with Crippen LogP contribution in [-0.4, -0.2) is 29.2 Å². The second kappa shape index (κ2) is 4.18. The number of para-hydroxylation sites is 1. The van der Waals surface area contributed by atoms with Crippen LogP contribution in [0.3, 0.4) is 0 Å². The zero-order valence-corrected chi connectivity index (χ0v) is 10.2. The average molecular weight is 241 g/mol. The van der Waals surface area contributed by atoms with Gasteiger partial charge in [0.05, 0.1) is 19.1 Å². The van der Waals surface area contributed by atoms with Gasteiger partial charge >= 0.3 is 0 Å². The van der Waals surface area contributed by atoms with E-state index in [9.17, 15) is 0 Å². The van der Waals surface area contributed by atoms with Crippen LogP contribution in [0.5, 0.6) is 0 Å². The predicted molar refractivity (Wildman–Crippen MR) is 73.8 cm³/mol. The van der Waals surface area contributed by atoms with E-state index in [1.165, 1.54) is 0 Å². The first-order valence-electron chi connectivity index (χ1n) is 5.91. The molecule has 0 saturated carbocycles. The summed E-state index contributed by atoms with van der Waals surface area (Å²) >= 11 is 0. The molecule has 18 heavy (non-hydrogen) atoms. The number of nitrogens with two attached hydrogens (primary N) is 1. The van der Waals surface area contributed by atoms with Crippen molar-refractivity contribution in [3.63, 3.8) is 0 Å². The van der Waals surface area contributed by atoms with E-state index in [4.69, 9.17) is 5.73 Å². The van der Waals surface area contributed by atoms with Gasteiger partial charge in [-0.3, -0.25) is 9.67 Å². The van der Waals surface area contributed by atoms with Gasteiger partial charge in [0.2, 0.25) is 0 Å². The topological polar surface area (TPSA) is 59.4 Å². The van der Waals surface area contributed by atoms with Gasteiger partial charge in [-0.25, -0.2) is 0 Å². The van der Waals surface area contributed by atoms with Crippen LogP contribution in [0.4, 0.5) is 11.5 Å². The third-order valence-electron chi connectivity index (χ3n) is 3.18. The number of aliphatic imine (C=N–C) groups is 1. The number of hydrogen-bond donors (Lipinski definition) is 1. The highest BCUT2D eigenvalue weighted by molar-refractivity contribution is 5.92. The Morgan fingerprint density at radius 2 is 2.06 bits per heavy atom. The van der Waals surface area contributed by atoms with Gasteiger partial charge in [-0.15, -0.1) is 0 Å². The zero-order chi connectivity index (χ0) is 12.5. The highest BCUT2D eigenvalue weighted by Gasteiger charge is 2.16. The van der Waals surface area contributed by atoms with Crippen LogP contribution < -0.4 is 10.6 Å². The van der Waals surface area contributed by atoms with E-state index in [1.54, 1.807) is 10.9 Å². The first-order valence-corrected chi connectivity index (χ1v) is 5.91. The zero-order valence-electron chi connectivity index (χ0n) is 10.2. The van der Waals surface area contributed by atoms with Gasteiger partial charge in [0.1, 0.15) is 5.82 Å². The van der Waals surface area contributed by atoms with Crippen molar-refractivity contribution in [1.82, 2.24) is 9.78 Å². The maximum atomic E-state index is 6.05. The Morgan fingerprint density at radius 3 is 2.72 bits per heavy atom. The molecule has 92 valence electrons. The fourth-order valence-corrected chi connectivity index (χ4v) is 2.17. The van der Waals surface area contributed by atoms with E-state index in [-0.39, 0.29) is 0 Å². The lowest BCUT2D eigenvalue weighted by atomic mass is 10.1. The highest BCUT2D eigenvalue weighted by atomic mass is 15.3. The van der Waals surface area contributed by atoms with Crippen molar-refractivity contribution >= 4 is 17.8 Å². The van der Waals surface area contributed by atoms with Crippen LogP contribution in [-0.2, 0) is 7.05 Å². The van der Waals surface area contributed by atoms with E-state index < -0.39 is 0 Å². The summed E-state index contributed by atoms with van der Waals surface area (Å²) in [6.45, 7) is 1.76. The van der Waals surface area contributed by atoms with Crippen molar-refractivity contribution in [3.05, 3.63) is 30.5 Å². The maximum absolute atomic E-state index is 6.05. The van der Waals surface area contributed by atoms with Crippen LogP contribution >= 0.6 is 0 Å². The molecular formula is C13H15N5. The minimum absolute atomic E-state index is 0.679. The molecule has 0 bridgehead atoms. The number of nitrogen functional groups attached to an aromatic ring is 1. The van der Waals surface area contributed by atoms with Gasteiger partial charge in [-0.05, 0) is 6.07 Å².